The number of carbonyl (C=O) groups is 1. The lowest BCUT2D eigenvalue weighted by molar-refractivity contribution is -0.114. The van der Waals surface area contributed by atoms with Gasteiger partial charge in [-0.05, 0) is 73.1 Å². The number of carbonyl (C=O) groups excluding carboxylic acids is 1. The molecule has 0 fully saturated rings. The molecule has 1 amide bonds. The van der Waals surface area contributed by atoms with Crippen molar-refractivity contribution in [1.29, 1.82) is 5.41 Å². The number of para-hydroxylation sites is 1. The second-order valence-corrected chi connectivity index (χ2v) is 9.29. The second kappa shape index (κ2) is 8.50. The minimum absolute atomic E-state index is 0.0353. The Kier molecular flexibility index (Phi) is 5.52. The molecule has 0 unspecified atom stereocenters. The summed E-state index contributed by atoms with van der Waals surface area (Å²) in [4.78, 5) is 17.0. The van der Waals surface area contributed by atoms with E-state index >= 15 is 0 Å². The van der Waals surface area contributed by atoms with E-state index in [9.17, 15) is 4.79 Å². The summed E-state index contributed by atoms with van der Waals surface area (Å²) in [6.07, 6.45) is 2.32. The molecule has 1 N–H and O–H groups in total. The number of aliphatic imine (C=N–C) groups is 1. The topological polar surface area (TPSA) is 73.8 Å². The molecule has 2 aliphatic rings. The summed E-state index contributed by atoms with van der Waals surface area (Å²) >= 11 is 7.28. The molecule has 0 aliphatic carbocycles. The molecule has 8 heteroatoms. The maximum Gasteiger partial charge on any atom is 0.283 e. The summed E-state index contributed by atoms with van der Waals surface area (Å²) in [5, 5.41) is 16.5. The summed E-state index contributed by atoms with van der Waals surface area (Å²) in [6.45, 7) is 4.03. The molecular weight excluding hydrogens is 454 g/mol. The monoisotopic (exact) mass is 473 g/mol. The van der Waals surface area contributed by atoms with Crippen molar-refractivity contribution in [3.8, 4) is 5.69 Å². The van der Waals surface area contributed by atoms with Crippen molar-refractivity contribution in [1.82, 2.24) is 9.58 Å². The largest absolute Gasteiger partial charge is 0.318 e. The Hall–Kier alpha value is -3.42. The van der Waals surface area contributed by atoms with Gasteiger partial charge in [0.2, 0.25) is 5.17 Å². The lowest BCUT2D eigenvalue weighted by Gasteiger charge is -2.20. The Morgan fingerprint density at radius 2 is 1.82 bits per heavy atom. The Morgan fingerprint density at radius 3 is 2.55 bits per heavy atom. The number of hydrazone groups is 1. The van der Waals surface area contributed by atoms with Crippen LogP contribution >= 0.6 is 23.4 Å². The lowest BCUT2D eigenvalue weighted by atomic mass is 10.1. The number of rotatable bonds is 4. The van der Waals surface area contributed by atoms with Gasteiger partial charge in [0, 0.05) is 28.5 Å². The fourth-order valence-corrected chi connectivity index (χ4v) is 4.99. The summed E-state index contributed by atoms with van der Waals surface area (Å²) in [7, 11) is 0. The van der Waals surface area contributed by atoms with Crippen LogP contribution in [0.4, 0.5) is 0 Å². The maximum absolute atomic E-state index is 12.8. The molecule has 5 rings (SSSR count). The van der Waals surface area contributed by atoms with Gasteiger partial charge in [-0.2, -0.15) is 15.1 Å². The molecule has 2 aromatic carbocycles. The van der Waals surface area contributed by atoms with Crippen molar-refractivity contribution >= 4 is 51.4 Å². The van der Waals surface area contributed by atoms with E-state index < -0.39 is 5.91 Å². The number of benzene rings is 2. The molecule has 33 heavy (non-hydrogen) atoms. The summed E-state index contributed by atoms with van der Waals surface area (Å²) in [6, 6.07) is 19.6. The van der Waals surface area contributed by atoms with Crippen molar-refractivity contribution in [3.05, 3.63) is 93.8 Å². The van der Waals surface area contributed by atoms with Crippen LogP contribution in [0.5, 0.6) is 0 Å². The summed E-state index contributed by atoms with van der Waals surface area (Å²) in [5.74, 6) is -0.390. The SMILES string of the molecule is Cc1cc(/C=C2/C(=N)N3N=C(Cc4ccc(Cl)cc4)SC3=NC2=O)c(C)n1-c1ccccc1. The second-order valence-electron chi connectivity index (χ2n) is 7.81. The van der Waals surface area contributed by atoms with Gasteiger partial charge in [0.1, 0.15) is 5.04 Å². The number of aryl methyl sites for hydroxylation is 1. The van der Waals surface area contributed by atoms with Crippen LogP contribution in [0.15, 0.2) is 76.3 Å². The quantitative estimate of drug-likeness (QED) is 0.500. The first kappa shape index (κ1) is 21.4. The van der Waals surface area contributed by atoms with Crippen LogP contribution in [-0.4, -0.2) is 31.5 Å². The van der Waals surface area contributed by atoms with Gasteiger partial charge in [-0.3, -0.25) is 10.2 Å². The normalized spacial score (nSPS) is 16.8. The predicted molar refractivity (Wildman–Crippen MR) is 135 cm³/mol. The van der Waals surface area contributed by atoms with Crippen LogP contribution in [0.3, 0.4) is 0 Å². The van der Waals surface area contributed by atoms with Crippen LogP contribution in [0, 0.1) is 19.3 Å². The highest BCUT2D eigenvalue weighted by Gasteiger charge is 2.35. The van der Waals surface area contributed by atoms with Gasteiger partial charge in [-0.15, -0.1) is 0 Å². The number of amides is 1. The highest BCUT2D eigenvalue weighted by Crippen LogP contribution is 2.31. The minimum atomic E-state index is -0.425. The third kappa shape index (κ3) is 4.05. The van der Waals surface area contributed by atoms with Gasteiger partial charge in [0.25, 0.3) is 5.91 Å². The van der Waals surface area contributed by atoms with E-state index in [1.54, 1.807) is 6.08 Å². The van der Waals surface area contributed by atoms with Crippen LogP contribution in [0.25, 0.3) is 11.8 Å². The van der Waals surface area contributed by atoms with Crippen molar-refractivity contribution in [2.24, 2.45) is 10.1 Å². The third-order valence-electron chi connectivity index (χ3n) is 5.55. The number of nitrogens with zero attached hydrogens (tertiary/aromatic N) is 4. The molecule has 164 valence electrons. The van der Waals surface area contributed by atoms with Crippen molar-refractivity contribution < 1.29 is 4.79 Å². The van der Waals surface area contributed by atoms with E-state index in [2.05, 4.69) is 14.7 Å². The number of halogens is 1. The van der Waals surface area contributed by atoms with Crippen LogP contribution in [0.2, 0.25) is 5.02 Å². The van der Waals surface area contributed by atoms with E-state index in [-0.39, 0.29) is 11.4 Å². The highest BCUT2D eigenvalue weighted by atomic mass is 35.5. The first-order chi connectivity index (χ1) is 15.9. The van der Waals surface area contributed by atoms with Gasteiger partial charge in [0.15, 0.2) is 5.84 Å². The predicted octanol–water partition coefficient (Wildman–Crippen LogP) is 5.61. The third-order valence-corrected chi connectivity index (χ3v) is 6.71. The first-order valence-corrected chi connectivity index (χ1v) is 11.6. The molecule has 3 aromatic rings. The number of fused-ring (bicyclic) bond motifs is 1. The lowest BCUT2D eigenvalue weighted by Crippen LogP contribution is -2.35. The molecule has 3 heterocycles. The van der Waals surface area contributed by atoms with Crippen LogP contribution in [-0.2, 0) is 11.2 Å². The van der Waals surface area contributed by atoms with Crippen LogP contribution in [0.1, 0.15) is 22.5 Å². The zero-order chi connectivity index (χ0) is 23.1. The number of amidine groups is 2. The molecule has 0 saturated carbocycles. The maximum atomic E-state index is 12.8. The molecular formula is C25H20ClN5OS. The number of thioether (sulfide) groups is 1. The Morgan fingerprint density at radius 1 is 1.09 bits per heavy atom. The average molecular weight is 474 g/mol. The fourth-order valence-electron chi connectivity index (χ4n) is 3.94. The zero-order valence-corrected chi connectivity index (χ0v) is 19.6. The van der Waals surface area contributed by atoms with E-state index in [4.69, 9.17) is 17.0 Å². The fraction of sp³-hybridized carbons (Fsp3) is 0.120. The molecule has 0 atom stereocenters. The van der Waals surface area contributed by atoms with Crippen LogP contribution < -0.4 is 0 Å². The molecule has 1 aromatic heterocycles. The summed E-state index contributed by atoms with van der Waals surface area (Å²) in [5.41, 5.74) is 5.24. The number of hydrogen-bond acceptors (Lipinski definition) is 4. The van der Waals surface area contributed by atoms with E-state index in [0.29, 0.717) is 16.6 Å². The van der Waals surface area contributed by atoms with E-state index in [0.717, 1.165) is 33.2 Å². The van der Waals surface area contributed by atoms with Gasteiger partial charge in [-0.1, -0.05) is 41.9 Å². The average Bonchev–Trinajstić information content (AvgIpc) is 3.32. The van der Waals surface area contributed by atoms with E-state index in [1.807, 2.05) is 74.5 Å². The van der Waals surface area contributed by atoms with Crippen molar-refractivity contribution in [2.45, 2.75) is 20.3 Å². The number of hydrogen-bond donors (Lipinski definition) is 1. The Labute approximate surface area is 200 Å². The number of aromatic nitrogens is 1. The smallest absolute Gasteiger partial charge is 0.283 e. The van der Waals surface area contributed by atoms with Crippen molar-refractivity contribution in [2.75, 3.05) is 0 Å². The standard InChI is InChI=1S/C25H20ClN5OS/c1-15-12-18(16(2)30(15)20-6-4-3-5-7-20)14-21-23(27)31-25(28-24(21)32)33-22(29-31)13-17-8-10-19(26)11-9-17/h3-12,14,27H,13H2,1-2H3/b21-14-,27-23?. The van der Waals surface area contributed by atoms with Gasteiger partial charge in [0.05, 0.1) is 5.57 Å². The Balaban J connectivity index is 1.45. The molecule has 0 bridgehead atoms. The molecule has 2 aliphatic heterocycles. The molecule has 0 radical (unpaired) electrons. The number of nitrogens with one attached hydrogen (secondary N) is 1. The van der Waals surface area contributed by atoms with Crippen molar-refractivity contribution in [3.63, 3.8) is 0 Å². The van der Waals surface area contributed by atoms with Gasteiger partial charge in [-0.25, -0.2) is 0 Å². The van der Waals surface area contributed by atoms with Gasteiger partial charge < -0.3 is 4.57 Å². The molecule has 0 saturated heterocycles. The zero-order valence-electron chi connectivity index (χ0n) is 18.0. The highest BCUT2D eigenvalue weighted by molar-refractivity contribution is 8.26. The van der Waals surface area contributed by atoms with Gasteiger partial charge >= 0.3 is 0 Å². The minimum Gasteiger partial charge on any atom is -0.318 e. The first-order valence-electron chi connectivity index (χ1n) is 10.4. The Bertz CT molecular complexity index is 1370. The molecule has 0 spiro atoms. The summed E-state index contributed by atoms with van der Waals surface area (Å²) < 4.78 is 2.13. The van der Waals surface area contributed by atoms with E-state index in [1.165, 1.54) is 16.8 Å². The molecule has 6 nitrogen and oxygen atoms in total.